The second-order valence-electron chi connectivity index (χ2n) is 3.80. The van der Waals surface area contributed by atoms with E-state index in [9.17, 15) is 25.3 Å². The van der Waals surface area contributed by atoms with Crippen LogP contribution in [0, 0.1) is 19.3 Å². The first-order valence-corrected chi connectivity index (χ1v) is 6.28. The molecule has 0 fully saturated rings. The van der Waals surface area contributed by atoms with Gasteiger partial charge in [-0.25, -0.2) is 0 Å². The molecule has 0 aliphatic rings. The van der Waals surface area contributed by atoms with E-state index in [1.165, 1.54) is 6.92 Å². The van der Waals surface area contributed by atoms with E-state index >= 15 is 0 Å². The number of terminal acetylenes is 1. The van der Waals surface area contributed by atoms with Crippen molar-refractivity contribution in [3.63, 3.8) is 0 Å². The minimum Gasteiger partial charge on any atom is -0.449 e. The van der Waals surface area contributed by atoms with Crippen LogP contribution in [-0.2, 0) is 16.8 Å². The zero-order chi connectivity index (χ0) is 14.8. The van der Waals surface area contributed by atoms with Crippen molar-refractivity contribution in [2.75, 3.05) is 0 Å². The van der Waals surface area contributed by atoms with E-state index < -0.39 is 29.6 Å². The monoisotopic (exact) mass is 295 g/mol. The fourth-order valence-electron chi connectivity index (χ4n) is 1.47. The van der Waals surface area contributed by atoms with Gasteiger partial charge in [0.2, 0.25) is 0 Å². The van der Waals surface area contributed by atoms with Crippen LogP contribution in [0.15, 0.2) is 12.1 Å². The molecule has 0 aliphatic carbocycles. The topological polar surface area (TPSA) is 43.4 Å². The fourth-order valence-corrected chi connectivity index (χ4v) is 1.86. The summed E-state index contributed by atoms with van der Waals surface area (Å²) < 4.78 is 74.2. The summed E-state index contributed by atoms with van der Waals surface area (Å²) in [6.07, 6.45) is 3.82. The molecule has 1 aromatic carbocycles. The van der Waals surface area contributed by atoms with Gasteiger partial charge >= 0.3 is 17.5 Å². The Kier molecular flexibility index (Phi) is 4.15. The molecule has 3 nitrogen and oxygen atoms in total. The van der Waals surface area contributed by atoms with E-state index in [-0.39, 0.29) is 16.7 Å². The summed E-state index contributed by atoms with van der Waals surface area (Å²) in [7, 11) is -5.33. The molecule has 0 bridgehead atoms. The largest absolute Gasteiger partial charge is 0.488 e. The van der Waals surface area contributed by atoms with Gasteiger partial charge in [0, 0.05) is 11.1 Å². The first-order chi connectivity index (χ1) is 8.52. The van der Waals surface area contributed by atoms with Crippen molar-refractivity contribution in [1.82, 2.24) is 0 Å². The van der Waals surface area contributed by atoms with Crippen molar-refractivity contribution >= 4 is 17.5 Å². The predicted molar refractivity (Wildman–Crippen MR) is 62.6 cm³/mol. The second-order valence-corrected chi connectivity index (χ2v) is 4.75. The molecule has 0 amide bonds. The molecule has 0 unspecified atom stereocenters. The number of rotatable bonds is 4. The quantitative estimate of drug-likeness (QED) is 0.371. The van der Waals surface area contributed by atoms with Crippen molar-refractivity contribution < 1.29 is 29.4 Å². The average Bonchev–Trinajstić information content (AvgIpc) is 2.18. The maximum absolute atomic E-state index is 12.4. The Balaban J connectivity index is 3.31. The lowest BCUT2D eigenvalue weighted by Gasteiger charge is -2.16. The Labute approximate surface area is 108 Å². The molecule has 1 rings (SSSR count). The minimum absolute atomic E-state index is 0.0104. The predicted octanol–water partition coefficient (Wildman–Crippen LogP) is 2.50. The summed E-state index contributed by atoms with van der Waals surface area (Å²) in [6, 6.07) is 1.89. The highest BCUT2D eigenvalue weighted by molar-refractivity contribution is 7.81. The van der Waals surface area contributed by atoms with Crippen LogP contribution in [0.3, 0.4) is 0 Å². The highest BCUT2D eigenvalue weighted by atomic mass is 32.3. The third-order valence-corrected chi connectivity index (χ3v) is 2.61. The molecule has 9 heteroatoms. The Bertz CT molecular complexity index is 631. The fraction of sp³-hybridized carbons (Fsp3) is 0.200. The van der Waals surface area contributed by atoms with Crippen molar-refractivity contribution in [2.45, 2.75) is 13.2 Å². The van der Waals surface area contributed by atoms with E-state index in [4.69, 9.17) is 6.42 Å². The molecule has 0 heterocycles. The van der Waals surface area contributed by atoms with Gasteiger partial charge in [-0.15, -0.1) is 6.42 Å². The van der Waals surface area contributed by atoms with E-state index in [1.54, 1.807) is 0 Å². The van der Waals surface area contributed by atoms with Crippen LogP contribution in [0.1, 0.15) is 16.7 Å². The van der Waals surface area contributed by atoms with Gasteiger partial charge in [0.15, 0.2) is 0 Å². The second kappa shape index (κ2) is 5.13. The van der Waals surface area contributed by atoms with Gasteiger partial charge in [-0.2, -0.15) is 8.42 Å². The van der Waals surface area contributed by atoms with Crippen LogP contribution >= 0.6 is 0 Å². The van der Waals surface area contributed by atoms with Gasteiger partial charge in [0.25, 0.3) is 0 Å². The number of benzene rings is 1. The molecule has 0 spiro atoms. The summed E-state index contributed by atoms with van der Waals surface area (Å²) in [5.41, 5.74) is -0.206. The van der Waals surface area contributed by atoms with Crippen molar-refractivity contribution in [3.05, 3.63) is 28.8 Å². The first kappa shape index (κ1) is 15.4. The molecular weight excluding hydrogens is 287 g/mol. The molecule has 104 valence electrons. The van der Waals surface area contributed by atoms with Gasteiger partial charge in [-0.05, 0) is 19.1 Å². The maximum atomic E-state index is 12.4. The van der Waals surface area contributed by atoms with E-state index in [1.807, 2.05) is 0 Å². The van der Waals surface area contributed by atoms with Crippen LogP contribution in [0.4, 0.5) is 16.8 Å². The molecule has 0 saturated heterocycles. The number of hydrogen-bond donors (Lipinski definition) is 0. The van der Waals surface area contributed by atoms with Crippen LogP contribution in [0.25, 0.3) is 0 Å². The van der Waals surface area contributed by atoms with Crippen LogP contribution in [-0.4, -0.2) is 15.4 Å². The van der Waals surface area contributed by atoms with E-state index in [0.29, 0.717) is 0 Å². The first-order valence-electron chi connectivity index (χ1n) is 4.97. The lowest BCUT2D eigenvalue weighted by atomic mass is 9.81. The highest BCUT2D eigenvalue weighted by Gasteiger charge is 2.24. The van der Waals surface area contributed by atoms with Crippen molar-refractivity contribution in [1.29, 1.82) is 0 Å². The molecule has 0 saturated carbocycles. The van der Waals surface area contributed by atoms with E-state index in [0.717, 1.165) is 12.1 Å². The Morgan fingerprint density at radius 2 is 1.95 bits per heavy atom. The zero-order valence-corrected chi connectivity index (χ0v) is 10.5. The van der Waals surface area contributed by atoms with Crippen molar-refractivity contribution in [2.24, 2.45) is 0 Å². The van der Waals surface area contributed by atoms with Crippen LogP contribution in [0.2, 0.25) is 0 Å². The smallest absolute Gasteiger partial charge is 0.449 e. The SMILES string of the molecule is C#Cc1cc(C[B-](F)(F)F)cc(OS(=O)(=O)F)c1C. The van der Waals surface area contributed by atoms with Gasteiger partial charge in [-0.3, -0.25) is 0 Å². The summed E-state index contributed by atoms with van der Waals surface area (Å²) >= 11 is 0. The van der Waals surface area contributed by atoms with E-state index in [2.05, 4.69) is 10.1 Å². The minimum atomic E-state index is -5.33. The highest BCUT2D eigenvalue weighted by Crippen LogP contribution is 2.28. The molecule has 0 atom stereocenters. The standard InChI is InChI=1S/C10H8BF4O3S/c1-3-9-4-8(6-11(12,13)14)5-10(7(9)2)18-19(15,16)17/h1,4-5H,6H2,2H3/q-1. The van der Waals surface area contributed by atoms with Gasteiger partial charge in [0.05, 0.1) is 0 Å². The summed E-state index contributed by atoms with van der Waals surface area (Å²) in [4.78, 5) is 0. The lowest BCUT2D eigenvalue weighted by molar-refractivity contribution is 0.438. The zero-order valence-electron chi connectivity index (χ0n) is 9.66. The Morgan fingerprint density at radius 1 is 1.37 bits per heavy atom. The van der Waals surface area contributed by atoms with Crippen LogP contribution in [0.5, 0.6) is 5.75 Å². The molecule has 0 N–H and O–H groups in total. The summed E-state index contributed by atoms with van der Waals surface area (Å²) in [5.74, 6) is 1.54. The molecule has 0 aliphatic heterocycles. The lowest BCUT2D eigenvalue weighted by Crippen LogP contribution is -2.19. The maximum Gasteiger partial charge on any atom is 0.488 e. The van der Waals surface area contributed by atoms with Crippen LogP contribution < -0.4 is 4.18 Å². The number of hydrogen-bond acceptors (Lipinski definition) is 3. The molecular formula is C10H8BF4O3S-. The Hall–Kier alpha value is -1.69. The third-order valence-electron chi connectivity index (χ3n) is 2.23. The molecule has 19 heavy (non-hydrogen) atoms. The summed E-state index contributed by atoms with van der Waals surface area (Å²) in [5, 5.41) is 0. The average molecular weight is 295 g/mol. The van der Waals surface area contributed by atoms with Gasteiger partial charge < -0.3 is 17.1 Å². The van der Waals surface area contributed by atoms with Gasteiger partial charge in [0.1, 0.15) is 5.75 Å². The normalized spacial score (nSPS) is 12.0. The van der Waals surface area contributed by atoms with Gasteiger partial charge in [-0.1, -0.05) is 21.7 Å². The number of halogens is 4. The molecule has 1 aromatic rings. The third kappa shape index (κ3) is 4.83. The Morgan fingerprint density at radius 3 is 2.37 bits per heavy atom. The molecule has 0 aromatic heterocycles. The molecule has 0 radical (unpaired) electrons. The summed E-state index contributed by atoms with van der Waals surface area (Å²) in [6.45, 7) is -3.82. The van der Waals surface area contributed by atoms with Crippen molar-refractivity contribution in [3.8, 4) is 18.1 Å².